The van der Waals surface area contributed by atoms with Gasteiger partial charge in [-0.3, -0.25) is 0 Å². The second-order valence-electron chi connectivity index (χ2n) is 6.12. The first-order valence-corrected chi connectivity index (χ1v) is 7.52. The van der Waals surface area contributed by atoms with Crippen LogP contribution >= 0.6 is 0 Å². The largest absolute Gasteiger partial charge is 0.480 e. The van der Waals surface area contributed by atoms with Crippen molar-refractivity contribution >= 4 is 18.0 Å². The minimum Gasteiger partial charge on any atom is -0.480 e. The van der Waals surface area contributed by atoms with E-state index in [2.05, 4.69) is 21.9 Å². The summed E-state index contributed by atoms with van der Waals surface area (Å²) >= 11 is 0. The molecule has 0 aliphatic rings. The Kier molecular flexibility index (Phi) is 7.00. The smallest absolute Gasteiger partial charge is 0.408 e. The quantitative estimate of drug-likeness (QED) is 0.639. The molecular formula is C18H21NO6. The summed E-state index contributed by atoms with van der Waals surface area (Å²) in [6.07, 6.45) is -0.939. The number of rotatable bonds is 4. The molecule has 0 spiro atoms. The minimum absolute atomic E-state index is 0.114. The van der Waals surface area contributed by atoms with Gasteiger partial charge in [0.2, 0.25) is 0 Å². The number of amides is 1. The van der Waals surface area contributed by atoms with Crippen molar-refractivity contribution in [3.8, 4) is 11.8 Å². The molecule has 0 heterocycles. The molecule has 7 heteroatoms. The standard InChI is InChI=1S/C18H21NO6/c1-18(2,3)25-17(23)19-14(15(20)21)10-6-8-12-7-5-9-13(11-12)16(22)24-4/h5,7,9,11,14H,10H2,1-4H3,(H,19,23)(H,20,21)/t14-/m0/s1. The van der Waals surface area contributed by atoms with Crippen LogP contribution < -0.4 is 5.32 Å². The lowest BCUT2D eigenvalue weighted by Crippen LogP contribution is -2.43. The Morgan fingerprint density at radius 3 is 2.52 bits per heavy atom. The molecular weight excluding hydrogens is 326 g/mol. The third kappa shape index (κ3) is 7.40. The van der Waals surface area contributed by atoms with Gasteiger partial charge in [-0.2, -0.15) is 0 Å². The Morgan fingerprint density at radius 2 is 1.96 bits per heavy atom. The van der Waals surface area contributed by atoms with E-state index in [1.165, 1.54) is 13.2 Å². The second-order valence-corrected chi connectivity index (χ2v) is 6.12. The number of ether oxygens (including phenoxy) is 2. The van der Waals surface area contributed by atoms with Crippen LogP contribution in [0.1, 0.15) is 43.1 Å². The molecule has 7 nitrogen and oxygen atoms in total. The number of hydrogen-bond acceptors (Lipinski definition) is 5. The van der Waals surface area contributed by atoms with E-state index >= 15 is 0 Å². The second kappa shape index (κ2) is 8.73. The maximum absolute atomic E-state index is 11.7. The highest BCUT2D eigenvalue weighted by atomic mass is 16.6. The molecule has 0 bridgehead atoms. The van der Waals surface area contributed by atoms with E-state index in [1.807, 2.05) is 0 Å². The minimum atomic E-state index is -1.22. The summed E-state index contributed by atoms with van der Waals surface area (Å²) in [5.41, 5.74) is 0.146. The number of carbonyl (C=O) groups is 3. The zero-order valence-electron chi connectivity index (χ0n) is 14.6. The molecule has 1 amide bonds. The monoisotopic (exact) mass is 347 g/mol. The normalized spacial score (nSPS) is 11.5. The predicted octanol–water partition coefficient (Wildman–Crippen LogP) is 2.19. The van der Waals surface area contributed by atoms with Crippen molar-refractivity contribution in [2.75, 3.05) is 7.11 Å². The van der Waals surface area contributed by atoms with Gasteiger partial charge in [0.15, 0.2) is 0 Å². The number of methoxy groups -OCH3 is 1. The van der Waals surface area contributed by atoms with Crippen LogP contribution in [0.25, 0.3) is 0 Å². The fourth-order valence-corrected chi connectivity index (χ4v) is 1.75. The van der Waals surface area contributed by atoms with Crippen molar-refractivity contribution in [3.05, 3.63) is 35.4 Å². The number of hydrogen-bond donors (Lipinski definition) is 2. The van der Waals surface area contributed by atoms with E-state index in [0.717, 1.165) is 0 Å². The van der Waals surface area contributed by atoms with Gasteiger partial charge in [-0.25, -0.2) is 14.4 Å². The third-order valence-corrected chi connectivity index (χ3v) is 2.81. The molecule has 0 aliphatic carbocycles. The first-order valence-electron chi connectivity index (χ1n) is 7.52. The number of nitrogens with one attached hydrogen (secondary N) is 1. The van der Waals surface area contributed by atoms with E-state index in [1.54, 1.807) is 39.0 Å². The van der Waals surface area contributed by atoms with Gasteiger partial charge in [-0.15, -0.1) is 0 Å². The number of carbonyl (C=O) groups excluding carboxylic acids is 2. The molecule has 134 valence electrons. The molecule has 0 fully saturated rings. The third-order valence-electron chi connectivity index (χ3n) is 2.81. The SMILES string of the molecule is COC(=O)c1cccc(C#CC[C@H](NC(=O)OC(C)(C)C)C(=O)O)c1. The lowest BCUT2D eigenvalue weighted by Gasteiger charge is -2.21. The van der Waals surface area contributed by atoms with Crippen LogP contribution in [0, 0.1) is 11.8 Å². The van der Waals surface area contributed by atoms with Crippen LogP contribution in [0.15, 0.2) is 24.3 Å². The Hall–Kier alpha value is -3.01. The molecule has 1 atom stereocenters. The first-order chi connectivity index (χ1) is 11.6. The number of carboxylic acids is 1. The molecule has 0 radical (unpaired) electrons. The maximum Gasteiger partial charge on any atom is 0.408 e. The molecule has 1 aromatic rings. The van der Waals surface area contributed by atoms with Crippen LogP contribution in [0.2, 0.25) is 0 Å². The zero-order valence-corrected chi connectivity index (χ0v) is 14.6. The fraction of sp³-hybridized carbons (Fsp3) is 0.389. The zero-order chi connectivity index (χ0) is 19.0. The van der Waals surface area contributed by atoms with E-state index in [4.69, 9.17) is 9.84 Å². The molecule has 1 rings (SSSR count). The Bertz CT molecular complexity index is 708. The summed E-state index contributed by atoms with van der Waals surface area (Å²) in [5.74, 6) is 3.73. The number of benzene rings is 1. The average Bonchev–Trinajstić information content (AvgIpc) is 2.51. The molecule has 0 unspecified atom stereocenters. The topological polar surface area (TPSA) is 102 Å². The lowest BCUT2D eigenvalue weighted by atomic mass is 10.1. The Balaban J connectivity index is 2.76. The van der Waals surface area contributed by atoms with E-state index in [-0.39, 0.29) is 6.42 Å². The highest BCUT2D eigenvalue weighted by Gasteiger charge is 2.23. The molecule has 0 saturated carbocycles. The summed E-state index contributed by atoms with van der Waals surface area (Å²) in [5, 5.41) is 11.4. The molecule has 0 aliphatic heterocycles. The van der Waals surface area contributed by atoms with Crippen molar-refractivity contribution in [2.24, 2.45) is 0 Å². The van der Waals surface area contributed by atoms with Crippen molar-refractivity contribution in [1.82, 2.24) is 5.32 Å². The number of aliphatic carboxylic acids is 1. The lowest BCUT2D eigenvalue weighted by molar-refractivity contribution is -0.139. The van der Waals surface area contributed by atoms with E-state index in [9.17, 15) is 14.4 Å². The van der Waals surface area contributed by atoms with Gasteiger partial charge < -0.3 is 19.9 Å². The number of carboxylic acid groups (broad SMARTS) is 1. The van der Waals surface area contributed by atoms with Crippen molar-refractivity contribution in [2.45, 2.75) is 38.8 Å². The van der Waals surface area contributed by atoms with Gasteiger partial charge >= 0.3 is 18.0 Å². The molecule has 1 aromatic carbocycles. The van der Waals surface area contributed by atoms with Crippen molar-refractivity contribution < 1.29 is 29.0 Å². The van der Waals surface area contributed by atoms with Crippen LogP contribution in [-0.2, 0) is 14.3 Å². The van der Waals surface area contributed by atoms with Crippen LogP contribution in [-0.4, -0.2) is 41.9 Å². The number of alkyl carbamates (subject to hydrolysis) is 1. The van der Waals surface area contributed by atoms with Crippen LogP contribution in [0.3, 0.4) is 0 Å². The summed E-state index contributed by atoms with van der Waals surface area (Å²) in [6, 6.07) is 5.24. The fourth-order valence-electron chi connectivity index (χ4n) is 1.75. The summed E-state index contributed by atoms with van der Waals surface area (Å²) in [4.78, 5) is 34.4. The highest BCUT2D eigenvalue weighted by molar-refractivity contribution is 5.89. The Labute approximate surface area is 146 Å². The van der Waals surface area contributed by atoms with Crippen LogP contribution in [0.5, 0.6) is 0 Å². The molecule has 25 heavy (non-hydrogen) atoms. The van der Waals surface area contributed by atoms with Gasteiger partial charge in [0.25, 0.3) is 0 Å². The van der Waals surface area contributed by atoms with Gasteiger partial charge in [0.1, 0.15) is 11.6 Å². The van der Waals surface area contributed by atoms with Crippen molar-refractivity contribution in [3.63, 3.8) is 0 Å². The predicted molar refractivity (Wildman–Crippen MR) is 90.1 cm³/mol. The molecule has 2 N–H and O–H groups in total. The van der Waals surface area contributed by atoms with Crippen molar-refractivity contribution in [1.29, 1.82) is 0 Å². The van der Waals surface area contributed by atoms with Crippen LogP contribution in [0.4, 0.5) is 4.79 Å². The van der Waals surface area contributed by atoms with Gasteiger partial charge in [-0.1, -0.05) is 17.9 Å². The summed E-state index contributed by atoms with van der Waals surface area (Å²) < 4.78 is 9.65. The molecule has 0 aromatic heterocycles. The Morgan fingerprint density at radius 1 is 1.28 bits per heavy atom. The van der Waals surface area contributed by atoms with Gasteiger partial charge in [0.05, 0.1) is 12.7 Å². The highest BCUT2D eigenvalue weighted by Crippen LogP contribution is 2.08. The average molecular weight is 347 g/mol. The summed E-state index contributed by atoms with van der Waals surface area (Å²) in [6.45, 7) is 5.03. The van der Waals surface area contributed by atoms with Gasteiger partial charge in [-0.05, 0) is 39.0 Å². The van der Waals surface area contributed by atoms with Gasteiger partial charge in [0, 0.05) is 12.0 Å². The summed E-state index contributed by atoms with van der Waals surface area (Å²) in [7, 11) is 1.28. The van der Waals surface area contributed by atoms with E-state index < -0.39 is 29.7 Å². The first kappa shape index (κ1) is 20.0. The van der Waals surface area contributed by atoms with E-state index in [0.29, 0.717) is 11.1 Å². The molecule has 0 saturated heterocycles. The maximum atomic E-state index is 11.7. The number of esters is 1.